The van der Waals surface area contributed by atoms with Crippen molar-refractivity contribution in [3.63, 3.8) is 0 Å². The fourth-order valence-corrected chi connectivity index (χ4v) is 2.46. The minimum absolute atomic E-state index is 0.671. The topological polar surface area (TPSA) is 50.9 Å². The van der Waals surface area contributed by atoms with Gasteiger partial charge < -0.3 is 5.43 Å². The number of benzene rings is 2. The number of fused-ring (bicyclic) bond motifs is 2. The van der Waals surface area contributed by atoms with E-state index >= 15 is 0 Å². The molecule has 0 aliphatic heterocycles. The molecule has 2 aromatic carbocycles. The van der Waals surface area contributed by atoms with Gasteiger partial charge in [0.25, 0.3) is 0 Å². The summed E-state index contributed by atoms with van der Waals surface area (Å²) in [6, 6.07) is 11.6. The molecule has 4 heteroatoms. The number of pyridine rings is 1. The summed E-state index contributed by atoms with van der Waals surface area (Å²) in [7, 11) is 0. The van der Waals surface area contributed by atoms with Gasteiger partial charge in [0, 0.05) is 15.8 Å². The maximum Gasteiger partial charge on any atom is 0.0745 e. The van der Waals surface area contributed by atoms with Gasteiger partial charge in [-0.25, -0.2) is 4.98 Å². The van der Waals surface area contributed by atoms with Crippen molar-refractivity contribution in [1.82, 2.24) is 4.98 Å². The zero-order chi connectivity index (χ0) is 12.7. The second kappa shape index (κ2) is 4.12. The van der Waals surface area contributed by atoms with E-state index in [0.29, 0.717) is 5.02 Å². The standard InChI is InChI=1S/C14H12ClN3/c1-8-3-2-4-11-13(8)14(18-16)10-6-5-9(15)7-12(10)17-11/h2-7H,16H2,1H3,(H,17,18). The highest BCUT2D eigenvalue weighted by Gasteiger charge is 2.10. The molecule has 3 rings (SSSR count). The van der Waals surface area contributed by atoms with Crippen LogP contribution in [0.5, 0.6) is 0 Å². The summed E-state index contributed by atoms with van der Waals surface area (Å²) in [6.45, 7) is 2.05. The van der Waals surface area contributed by atoms with Crippen LogP contribution in [0.15, 0.2) is 36.4 Å². The smallest absolute Gasteiger partial charge is 0.0745 e. The summed E-state index contributed by atoms with van der Waals surface area (Å²) in [5, 5.41) is 2.70. The van der Waals surface area contributed by atoms with Gasteiger partial charge in [0.1, 0.15) is 0 Å². The minimum Gasteiger partial charge on any atom is -0.323 e. The molecule has 3 nitrogen and oxygen atoms in total. The largest absolute Gasteiger partial charge is 0.323 e. The number of nitrogens with two attached hydrogens (primary N) is 1. The molecule has 0 fully saturated rings. The zero-order valence-electron chi connectivity index (χ0n) is 9.87. The van der Waals surface area contributed by atoms with Gasteiger partial charge in [0.15, 0.2) is 0 Å². The fourth-order valence-electron chi connectivity index (χ4n) is 2.29. The number of hydrogen-bond donors (Lipinski definition) is 2. The molecule has 0 saturated carbocycles. The molecule has 1 aromatic heterocycles. The van der Waals surface area contributed by atoms with Crippen molar-refractivity contribution in [2.45, 2.75) is 6.92 Å². The molecular weight excluding hydrogens is 246 g/mol. The first-order valence-electron chi connectivity index (χ1n) is 5.66. The number of rotatable bonds is 1. The van der Waals surface area contributed by atoms with Gasteiger partial charge in [-0.15, -0.1) is 0 Å². The third-order valence-electron chi connectivity index (χ3n) is 3.12. The first-order valence-corrected chi connectivity index (χ1v) is 6.03. The monoisotopic (exact) mass is 257 g/mol. The lowest BCUT2D eigenvalue weighted by Gasteiger charge is -2.12. The van der Waals surface area contributed by atoms with Crippen LogP contribution in [0, 0.1) is 6.92 Å². The van der Waals surface area contributed by atoms with E-state index in [1.54, 1.807) is 0 Å². The Hall–Kier alpha value is -1.84. The molecule has 0 saturated heterocycles. The van der Waals surface area contributed by atoms with Gasteiger partial charge in [-0.3, -0.25) is 5.84 Å². The highest BCUT2D eigenvalue weighted by molar-refractivity contribution is 6.31. The number of nitrogens with zero attached hydrogens (tertiary/aromatic N) is 1. The first kappa shape index (κ1) is 11.3. The fraction of sp³-hybridized carbons (Fsp3) is 0.0714. The van der Waals surface area contributed by atoms with Crippen molar-refractivity contribution in [2.24, 2.45) is 5.84 Å². The van der Waals surface area contributed by atoms with Crippen LogP contribution in [0.25, 0.3) is 21.8 Å². The van der Waals surface area contributed by atoms with Gasteiger partial charge in [0.05, 0.1) is 16.7 Å². The van der Waals surface area contributed by atoms with E-state index in [-0.39, 0.29) is 0 Å². The van der Waals surface area contributed by atoms with Crippen molar-refractivity contribution in [2.75, 3.05) is 5.43 Å². The molecule has 0 radical (unpaired) electrons. The van der Waals surface area contributed by atoms with E-state index in [2.05, 4.69) is 10.4 Å². The van der Waals surface area contributed by atoms with Crippen molar-refractivity contribution in [1.29, 1.82) is 0 Å². The van der Waals surface area contributed by atoms with Gasteiger partial charge in [0.2, 0.25) is 0 Å². The van der Waals surface area contributed by atoms with Crippen LogP contribution in [0.3, 0.4) is 0 Å². The quantitative estimate of drug-likeness (QED) is 0.398. The third-order valence-corrected chi connectivity index (χ3v) is 3.35. The lowest BCUT2D eigenvalue weighted by Crippen LogP contribution is -2.08. The summed E-state index contributed by atoms with van der Waals surface area (Å²) in [4.78, 5) is 4.63. The van der Waals surface area contributed by atoms with Crippen LogP contribution in [0.1, 0.15) is 5.56 Å². The second-order valence-corrected chi connectivity index (χ2v) is 4.70. The summed E-state index contributed by atoms with van der Waals surface area (Å²) in [5.41, 5.74) is 6.58. The number of nitrogen functional groups attached to an aromatic ring is 1. The van der Waals surface area contributed by atoms with Crippen LogP contribution >= 0.6 is 11.6 Å². The van der Waals surface area contributed by atoms with Crippen LogP contribution in [-0.2, 0) is 0 Å². The molecule has 18 heavy (non-hydrogen) atoms. The number of nitrogens with one attached hydrogen (secondary N) is 1. The SMILES string of the molecule is Cc1cccc2nc3cc(Cl)ccc3c(NN)c12. The molecule has 0 amide bonds. The molecule has 1 heterocycles. The normalized spacial score (nSPS) is 11.1. The van der Waals surface area contributed by atoms with Crippen LogP contribution in [-0.4, -0.2) is 4.98 Å². The van der Waals surface area contributed by atoms with Crippen molar-refractivity contribution in [3.8, 4) is 0 Å². The summed E-state index contributed by atoms with van der Waals surface area (Å²) in [5.74, 6) is 5.68. The number of halogens is 1. The summed E-state index contributed by atoms with van der Waals surface area (Å²) >= 11 is 6.00. The highest BCUT2D eigenvalue weighted by Crippen LogP contribution is 2.33. The van der Waals surface area contributed by atoms with E-state index in [0.717, 1.165) is 33.1 Å². The third kappa shape index (κ3) is 1.60. The number of hydrogen-bond acceptors (Lipinski definition) is 3. The van der Waals surface area contributed by atoms with E-state index < -0.39 is 0 Å². The number of aryl methyl sites for hydroxylation is 1. The molecular formula is C14H12ClN3. The summed E-state index contributed by atoms with van der Waals surface area (Å²) in [6.07, 6.45) is 0. The predicted octanol–water partition coefficient (Wildman–Crippen LogP) is 3.64. The minimum atomic E-state index is 0.671. The Morgan fingerprint density at radius 2 is 2.00 bits per heavy atom. The van der Waals surface area contributed by atoms with Crippen molar-refractivity contribution < 1.29 is 0 Å². The maximum atomic E-state index is 6.00. The molecule has 0 aliphatic carbocycles. The molecule has 0 unspecified atom stereocenters. The van der Waals surface area contributed by atoms with Crippen LogP contribution < -0.4 is 11.3 Å². The maximum absolute atomic E-state index is 6.00. The first-order chi connectivity index (χ1) is 8.70. The van der Waals surface area contributed by atoms with E-state index in [9.17, 15) is 0 Å². The molecule has 90 valence electrons. The Balaban J connectivity index is 2.56. The van der Waals surface area contributed by atoms with Gasteiger partial charge in [-0.1, -0.05) is 23.7 Å². The predicted molar refractivity (Wildman–Crippen MR) is 76.8 cm³/mol. The molecule has 0 aliphatic rings. The van der Waals surface area contributed by atoms with Gasteiger partial charge in [-0.05, 0) is 36.8 Å². The Bertz CT molecular complexity index is 752. The molecule has 0 atom stereocenters. The zero-order valence-corrected chi connectivity index (χ0v) is 10.6. The van der Waals surface area contributed by atoms with Crippen molar-refractivity contribution in [3.05, 3.63) is 47.0 Å². The molecule has 0 spiro atoms. The highest BCUT2D eigenvalue weighted by atomic mass is 35.5. The van der Waals surface area contributed by atoms with Gasteiger partial charge in [-0.2, -0.15) is 0 Å². The molecule has 0 bridgehead atoms. The van der Waals surface area contributed by atoms with E-state index in [4.69, 9.17) is 17.4 Å². The number of anilines is 1. The lowest BCUT2D eigenvalue weighted by molar-refractivity contribution is 1.36. The molecule has 3 N–H and O–H groups in total. The Kier molecular flexibility index (Phi) is 2.58. The Labute approximate surface area is 110 Å². The van der Waals surface area contributed by atoms with E-state index in [1.807, 2.05) is 43.3 Å². The van der Waals surface area contributed by atoms with Crippen molar-refractivity contribution >= 4 is 39.1 Å². The second-order valence-electron chi connectivity index (χ2n) is 4.26. The number of hydrazine groups is 1. The van der Waals surface area contributed by atoms with Crippen LogP contribution in [0.2, 0.25) is 5.02 Å². The molecule has 3 aromatic rings. The van der Waals surface area contributed by atoms with E-state index in [1.165, 1.54) is 0 Å². The number of aromatic nitrogens is 1. The lowest BCUT2D eigenvalue weighted by atomic mass is 10.0. The average Bonchev–Trinajstić information content (AvgIpc) is 2.36. The summed E-state index contributed by atoms with van der Waals surface area (Å²) < 4.78 is 0. The van der Waals surface area contributed by atoms with Crippen LogP contribution in [0.4, 0.5) is 5.69 Å². The Morgan fingerprint density at radius 1 is 1.17 bits per heavy atom. The Morgan fingerprint density at radius 3 is 2.78 bits per heavy atom. The average molecular weight is 258 g/mol. The van der Waals surface area contributed by atoms with Gasteiger partial charge >= 0.3 is 0 Å².